The molecule has 35 heavy (non-hydrogen) atoms. The summed E-state index contributed by atoms with van der Waals surface area (Å²) in [5.74, 6) is -2.09. The average Bonchev–Trinajstić information content (AvgIpc) is 2.75. The van der Waals surface area contributed by atoms with E-state index >= 15 is 0 Å². The van der Waals surface area contributed by atoms with Crippen molar-refractivity contribution < 1.29 is 48.0 Å². The Hall–Kier alpha value is -3.34. The Balaban J connectivity index is 3.17. The average molecular weight is 498 g/mol. The Kier molecular flexibility index (Phi) is 11.0. The quantitative estimate of drug-likeness (QED) is 0.245. The van der Waals surface area contributed by atoms with Crippen LogP contribution in [0.3, 0.4) is 0 Å². The molecule has 11 nitrogen and oxygen atoms in total. The van der Waals surface area contributed by atoms with Crippen molar-refractivity contribution in [2.75, 3.05) is 13.2 Å². The van der Waals surface area contributed by atoms with Gasteiger partial charge >= 0.3 is 24.2 Å². The van der Waals surface area contributed by atoms with Crippen molar-refractivity contribution >= 4 is 24.2 Å². The summed E-state index contributed by atoms with van der Waals surface area (Å²) < 4.78 is 25.1. The largest absolute Gasteiger partial charge is 0.513 e. The van der Waals surface area contributed by atoms with Crippen LogP contribution in [0.25, 0.3) is 0 Å². The Morgan fingerprint density at radius 3 is 2.00 bits per heavy atom. The van der Waals surface area contributed by atoms with E-state index in [0.29, 0.717) is 12.0 Å². The molecule has 0 aliphatic heterocycles. The van der Waals surface area contributed by atoms with Gasteiger partial charge in [0.05, 0.1) is 18.6 Å². The molecule has 0 aliphatic rings. The number of carboxylic acids is 1. The molecule has 2 atom stereocenters. The van der Waals surface area contributed by atoms with Crippen LogP contribution in [0.15, 0.2) is 18.2 Å². The zero-order valence-corrected chi connectivity index (χ0v) is 21.0. The summed E-state index contributed by atoms with van der Waals surface area (Å²) in [6, 6.07) is 4.09. The third-order valence-electron chi connectivity index (χ3n) is 5.26. The molecule has 11 heteroatoms. The normalized spacial score (nSPS) is 13.7. The molecule has 0 aliphatic carbocycles. The van der Waals surface area contributed by atoms with Crippen LogP contribution < -0.4 is 15.2 Å². The van der Waals surface area contributed by atoms with E-state index in [2.05, 4.69) is 0 Å². The van der Waals surface area contributed by atoms with E-state index < -0.39 is 41.3 Å². The van der Waals surface area contributed by atoms with Gasteiger partial charge in [0.25, 0.3) is 0 Å². The fourth-order valence-corrected chi connectivity index (χ4v) is 2.94. The number of hydrogen-bond acceptors (Lipinski definition) is 10. The van der Waals surface area contributed by atoms with Gasteiger partial charge in [-0.15, -0.1) is 0 Å². The molecule has 1 unspecified atom stereocenters. The molecule has 1 aromatic carbocycles. The zero-order chi connectivity index (χ0) is 26.8. The van der Waals surface area contributed by atoms with Gasteiger partial charge in [0.1, 0.15) is 11.6 Å². The number of esters is 1. The topological polar surface area (TPSA) is 161 Å². The number of carboxylic acid groups (broad SMARTS) is 1. The number of ether oxygens (including phenoxy) is 5. The van der Waals surface area contributed by atoms with Gasteiger partial charge in [0.15, 0.2) is 11.5 Å². The van der Waals surface area contributed by atoms with Crippen molar-refractivity contribution in [3.05, 3.63) is 23.8 Å². The summed E-state index contributed by atoms with van der Waals surface area (Å²) in [6.07, 6.45) is -2.68. The number of benzene rings is 1. The van der Waals surface area contributed by atoms with E-state index in [1.54, 1.807) is 34.6 Å². The fourth-order valence-electron chi connectivity index (χ4n) is 2.94. The standard InChI is InChI=1S/C24H35NO10/c1-7-23(5,6)20(28)33-15(4)13-24(25,19(26)27)14-16-10-11-17(34-21(29)31-8-2)18(12-16)35-22(30)32-9-3/h10-12,15H,7-9,13-14,25H2,1-6H3,(H,26,27)/t15-,24?/m0/s1. The predicted molar refractivity (Wildman–Crippen MR) is 124 cm³/mol. The van der Waals surface area contributed by atoms with E-state index in [-0.39, 0.29) is 37.6 Å². The third-order valence-corrected chi connectivity index (χ3v) is 5.26. The number of hydrogen-bond donors (Lipinski definition) is 2. The maximum atomic E-state index is 12.4. The van der Waals surface area contributed by atoms with Crippen LogP contribution in [0.5, 0.6) is 11.5 Å². The van der Waals surface area contributed by atoms with Crippen molar-refractivity contribution in [1.29, 1.82) is 0 Å². The van der Waals surface area contributed by atoms with Crippen LogP contribution in [0.2, 0.25) is 0 Å². The van der Waals surface area contributed by atoms with Gasteiger partial charge in [-0.3, -0.25) is 9.59 Å². The number of carbonyl (C=O) groups excluding carboxylic acids is 3. The van der Waals surface area contributed by atoms with Crippen LogP contribution in [0, 0.1) is 5.41 Å². The van der Waals surface area contributed by atoms with Gasteiger partial charge in [-0.25, -0.2) is 9.59 Å². The molecule has 0 amide bonds. The Morgan fingerprint density at radius 1 is 0.971 bits per heavy atom. The molecule has 0 saturated heterocycles. The highest BCUT2D eigenvalue weighted by atomic mass is 16.7. The molecular weight excluding hydrogens is 462 g/mol. The zero-order valence-electron chi connectivity index (χ0n) is 21.0. The van der Waals surface area contributed by atoms with Crippen LogP contribution in [0.1, 0.15) is 59.9 Å². The van der Waals surface area contributed by atoms with Crippen molar-refractivity contribution in [2.24, 2.45) is 11.1 Å². The molecule has 0 radical (unpaired) electrons. The number of carbonyl (C=O) groups is 4. The van der Waals surface area contributed by atoms with Gasteiger partial charge in [-0.1, -0.05) is 13.0 Å². The maximum Gasteiger partial charge on any atom is 0.513 e. The van der Waals surface area contributed by atoms with Gasteiger partial charge in [0.2, 0.25) is 0 Å². The van der Waals surface area contributed by atoms with Crippen molar-refractivity contribution in [2.45, 2.75) is 72.4 Å². The highest BCUT2D eigenvalue weighted by Crippen LogP contribution is 2.32. The lowest BCUT2D eigenvalue weighted by Crippen LogP contribution is -2.52. The maximum absolute atomic E-state index is 12.4. The first kappa shape index (κ1) is 29.7. The predicted octanol–water partition coefficient (Wildman–Crippen LogP) is 3.84. The Labute approximate surface area is 204 Å². The van der Waals surface area contributed by atoms with E-state index in [9.17, 15) is 24.3 Å². The molecule has 0 bridgehead atoms. The van der Waals surface area contributed by atoms with Gasteiger partial charge in [-0.05, 0) is 58.7 Å². The minimum Gasteiger partial charge on any atom is -0.480 e. The summed E-state index contributed by atoms with van der Waals surface area (Å²) in [4.78, 5) is 48.0. The lowest BCUT2D eigenvalue weighted by Gasteiger charge is -2.30. The SMILES string of the molecule is CCOC(=O)Oc1ccc(CC(N)(C[C@H](C)OC(=O)C(C)(C)CC)C(=O)O)cc1OC(=O)OCC. The van der Waals surface area contributed by atoms with E-state index in [0.717, 1.165) is 0 Å². The second kappa shape index (κ2) is 12.9. The molecule has 0 spiro atoms. The molecule has 0 aromatic heterocycles. The van der Waals surface area contributed by atoms with E-state index in [4.69, 9.17) is 29.4 Å². The second-order valence-electron chi connectivity index (χ2n) is 8.65. The van der Waals surface area contributed by atoms with Crippen LogP contribution >= 0.6 is 0 Å². The number of aliphatic carboxylic acids is 1. The lowest BCUT2D eigenvalue weighted by molar-refractivity contribution is -0.161. The first-order valence-corrected chi connectivity index (χ1v) is 11.3. The minimum absolute atomic E-state index is 0.0446. The van der Waals surface area contributed by atoms with E-state index in [1.807, 2.05) is 6.92 Å². The Morgan fingerprint density at radius 2 is 1.51 bits per heavy atom. The molecule has 0 saturated carbocycles. The van der Waals surface area contributed by atoms with Crippen molar-refractivity contribution in [3.8, 4) is 11.5 Å². The highest BCUT2D eigenvalue weighted by Gasteiger charge is 2.38. The van der Waals surface area contributed by atoms with Crippen molar-refractivity contribution in [3.63, 3.8) is 0 Å². The molecular formula is C24H35NO10. The summed E-state index contributed by atoms with van der Waals surface area (Å²) in [6.45, 7) is 10.2. The number of nitrogens with two attached hydrogens (primary N) is 1. The molecule has 0 fully saturated rings. The highest BCUT2D eigenvalue weighted by molar-refractivity contribution is 5.79. The lowest BCUT2D eigenvalue weighted by atomic mass is 9.86. The molecule has 1 aromatic rings. The third kappa shape index (κ3) is 9.08. The first-order valence-electron chi connectivity index (χ1n) is 11.3. The molecule has 3 N–H and O–H groups in total. The first-order chi connectivity index (χ1) is 16.3. The molecule has 1 rings (SSSR count). The molecule has 0 heterocycles. The van der Waals surface area contributed by atoms with Gasteiger partial charge in [-0.2, -0.15) is 0 Å². The van der Waals surface area contributed by atoms with Crippen LogP contribution in [-0.2, 0) is 30.2 Å². The number of rotatable bonds is 12. The van der Waals surface area contributed by atoms with Crippen LogP contribution in [0.4, 0.5) is 9.59 Å². The fraction of sp³-hybridized carbons (Fsp3) is 0.583. The smallest absolute Gasteiger partial charge is 0.480 e. The Bertz CT molecular complexity index is 914. The van der Waals surface area contributed by atoms with Crippen molar-refractivity contribution in [1.82, 2.24) is 0 Å². The summed E-state index contributed by atoms with van der Waals surface area (Å²) in [5, 5.41) is 9.84. The summed E-state index contributed by atoms with van der Waals surface area (Å²) in [5.41, 5.74) is 4.04. The second-order valence-corrected chi connectivity index (χ2v) is 8.65. The van der Waals surface area contributed by atoms with Gasteiger partial charge in [0, 0.05) is 12.8 Å². The molecule has 196 valence electrons. The minimum atomic E-state index is -1.82. The monoisotopic (exact) mass is 497 g/mol. The van der Waals surface area contributed by atoms with Crippen LogP contribution in [-0.4, -0.2) is 54.2 Å². The summed E-state index contributed by atoms with van der Waals surface area (Å²) in [7, 11) is 0. The van der Waals surface area contributed by atoms with Gasteiger partial charge < -0.3 is 34.5 Å². The van der Waals surface area contributed by atoms with E-state index in [1.165, 1.54) is 18.2 Å². The summed E-state index contributed by atoms with van der Waals surface area (Å²) >= 11 is 0.